The van der Waals surface area contributed by atoms with Gasteiger partial charge in [-0.25, -0.2) is 8.42 Å². The number of hydrogen-bond acceptors (Lipinski definition) is 4. The summed E-state index contributed by atoms with van der Waals surface area (Å²) in [5, 5.41) is 2.85. The van der Waals surface area contributed by atoms with Gasteiger partial charge in [0.15, 0.2) is 0 Å². The lowest BCUT2D eigenvalue weighted by molar-refractivity contribution is -0.114. The topological polar surface area (TPSA) is 76.4 Å². The summed E-state index contributed by atoms with van der Waals surface area (Å²) in [7, 11) is -3.81. The van der Waals surface area contributed by atoms with Gasteiger partial charge >= 0.3 is 0 Å². The number of sulfone groups is 1. The van der Waals surface area contributed by atoms with Gasteiger partial charge in [0, 0.05) is 17.5 Å². The van der Waals surface area contributed by atoms with Crippen molar-refractivity contribution in [2.75, 3.05) is 5.32 Å². The van der Waals surface area contributed by atoms with E-state index < -0.39 is 15.7 Å². The van der Waals surface area contributed by atoms with E-state index in [2.05, 4.69) is 5.32 Å². The molecule has 21 heavy (non-hydrogen) atoms. The maximum atomic E-state index is 12.7. The Morgan fingerprint density at radius 1 is 1.19 bits per heavy atom. The Bertz CT molecular complexity index is 791. The molecule has 0 unspecified atom stereocenters. The first-order valence-electron chi connectivity index (χ1n) is 6.11. The highest BCUT2D eigenvalue weighted by Gasteiger charge is 2.29. The summed E-state index contributed by atoms with van der Waals surface area (Å²) in [6.07, 6.45) is 0. The predicted molar refractivity (Wildman–Crippen MR) is 79.4 cm³/mol. The number of benzene rings is 1. The largest absolute Gasteiger partial charge is 0.444 e. The molecule has 0 fully saturated rings. The van der Waals surface area contributed by atoms with Crippen molar-refractivity contribution in [2.45, 2.75) is 30.6 Å². The number of amides is 1. The molecule has 0 atom stereocenters. The molecule has 1 aromatic carbocycles. The van der Waals surface area contributed by atoms with Gasteiger partial charge in [0.25, 0.3) is 0 Å². The molecule has 0 radical (unpaired) electrons. The zero-order valence-corrected chi connectivity index (χ0v) is 13.3. The lowest BCUT2D eigenvalue weighted by Crippen LogP contribution is -2.10. The Morgan fingerprint density at radius 2 is 1.76 bits per heavy atom. The lowest BCUT2D eigenvalue weighted by Gasteiger charge is -2.06. The Morgan fingerprint density at radius 3 is 2.29 bits per heavy atom. The van der Waals surface area contributed by atoms with Crippen molar-refractivity contribution in [3.63, 3.8) is 0 Å². The first kappa shape index (κ1) is 15.6. The highest BCUT2D eigenvalue weighted by molar-refractivity contribution is 7.91. The van der Waals surface area contributed by atoms with E-state index in [-0.39, 0.29) is 15.7 Å². The van der Waals surface area contributed by atoms with Crippen LogP contribution < -0.4 is 5.32 Å². The van der Waals surface area contributed by atoms with Gasteiger partial charge in [-0.2, -0.15) is 0 Å². The molecule has 1 amide bonds. The van der Waals surface area contributed by atoms with Crippen LogP contribution in [-0.4, -0.2) is 14.3 Å². The Kier molecular flexibility index (Phi) is 4.11. The van der Waals surface area contributed by atoms with Gasteiger partial charge in [0.05, 0.1) is 4.90 Å². The van der Waals surface area contributed by atoms with Crippen molar-refractivity contribution in [2.24, 2.45) is 0 Å². The number of rotatable bonds is 3. The molecular formula is C14H14ClNO4S. The SMILES string of the molecule is CC(=O)Nc1oc(C)c(C)c1S(=O)(=O)c1ccc(Cl)cc1. The van der Waals surface area contributed by atoms with Gasteiger partial charge in [-0.05, 0) is 38.1 Å². The molecule has 0 saturated carbocycles. The minimum Gasteiger partial charge on any atom is -0.444 e. The van der Waals surface area contributed by atoms with Crippen LogP contribution in [0, 0.1) is 13.8 Å². The van der Waals surface area contributed by atoms with Crippen molar-refractivity contribution in [1.29, 1.82) is 0 Å². The molecule has 2 rings (SSSR count). The van der Waals surface area contributed by atoms with E-state index in [0.29, 0.717) is 16.3 Å². The lowest BCUT2D eigenvalue weighted by atomic mass is 10.3. The van der Waals surface area contributed by atoms with Crippen LogP contribution >= 0.6 is 11.6 Å². The number of furan rings is 1. The zero-order valence-electron chi connectivity index (χ0n) is 11.7. The molecule has 112 valence electrons. The van der Waals surface area contributed by atoms with E-state index >= 15 is 0 Å². The standard InChI is InChI=1S/C14H14ClNO4S/c1-8-9(2)20-14(16-10(3)17)13(8)21(18,19)12-6-4-11(15)5-7-12/h4-7H,1-3H3,(H,16,17). The van der Waals surface area contributed by atoms with E-state index in [0.717, 1.165) is 0 Å². The van der Waals surface area contributed by atoms with Crippen molar-refractivity contribution >= 4 is 33.2 Å². The van der Waals surface area contributed by atoms with Crippen LogP contribution in [0.2, 0.25) is 5.02 Å². The van der Waals surface area contributed by atoms with Gasteiger partial charge in [0.1, 0.15) is 10.7 Å². The summed E-state index contributed by atoms with van der Waals surface area (Å²) in [5.74, 6) is -0.0324. The summed E-state index contributed by atoms with van der Waals surface area (Å²) in [6.45, 7) is 4.56. The number of hydrogen-bond donors (Lipinski definition) is 1. The van der Waals surface area contributed by atoms with Gasteiger partial charge < -0.3 is 4.42 Å². The van der Waals surface area contributed by atoms with Crippen molar-refractivity contribution in [3.05, 3.63) is 40.6 Å². The molecule has 0 bridgehead atoms. The number of anilines is 1. The van der Waals surface area contributed by atoms with Gasteiger partial charge in [-0.1, -0.05) is 11.6 Å². The number of halogens is 1. The molecule has 1 aromatic heterocycles. The van der Waals surface area contributed by atoms with Crippen molar-refractivity contribution in [3.8, 4) is 0 Å². The summed E-state index contributed by atoms with van der Waals surface area (Å²) < 4.78 is 30.8. The normalized spacial score (nSPS) is 11.4. The van der Waals surface area contributed by atoms with Crippen LogP contribution in [0.25, 0.3) is 0 Å². The molecular weight excluding hydrogens is 314 g/mol. The van der Waals surface area contributed by atoms with Crippen LogP contribution in [-0.2, 0) is 14.6 Å². The second-order valence-electron chi connectivity index (χ2n) is 4.58. The Balaban J connectivity index is 2.64. The first-order chi connectivity index (χ1) is 9.73. The average Bonchev–Trinajstić information content (AvgIpc) is 2.64. The third-order valence-electron chi connectivity index (χ3n) is 3.01. The second kappa shape index (κ2) is 5.54. The van der Waals surface area contributed by atoms with E-state index in [9.17, 15) is 13.2 Å². The van der Waals surface area contributed by atoms with Crippen molar-refractivity contribution in [1.82, 2.24) is 0 Å². The van der Waals surface area contributed by atoms with Crippen LogP contribution in [0.4, 0.5) is 5.88 Å². The van der Waals surface area contributed by atoms with Crippen LogP contribution in [0.1, 0.15) is 18.2 Å². The van der Waals surface area contributed by atoms with Crippen LogP contribution in [0.15, 0.2) is 38.5 Å². The van der Waals surface area contributed by atoms with Crippen molar-refractivity contribution < 1.29 is 17.6 Å². The number of nitrogens with one attached hydrogen (secondary N) is 1. The molecule has 0 aliphatic heterocycles. The smallest absolute Gasteiger partial charge is 0.223 e. The summed E-state index contributed by atoms with van der Waals surface area (Å²) in [6, 6.07) is 5.82. The molecule has 5 nitrogen and oxygen atoms in total. The maximum Gasteiger partial charge on any atom is 0.223 e. The monoisotopic (exact) mass is 327 g/mol. The zero-order chi connectivity index (χ0) is 15.8. The number of aryl methyl sites for hydroxylation is 1. The third kappa shape index (κ3) is 2.96. The van der Waals surface area contributed by atoms with E-state index in [4.69, 9.17) is 16.0 Å². The number of carbonyl (C=O) groups excluding carboxylic acids is 1. The maximum absolute atomic E-state index is 12.7. The first-order valence-corrected chi connectivity index (χ1v) is 7.98. The minimum absolute atomic E-state index is 0.0301. The minimum atomic E-state index is -3.81. The fourth-order valence-corrected chi connectivity index (χ4v) is 3.64. The van der Waals surface area contributed by atoms with Gasteiger partial charge in [0.2, 0.25) is 21.6 Å². The molecule has 0 aliphatic rings. The third-order valence-corrected chi connectivity index (χ3v) is 5.19. The van der Waals surface area contributed by atoms with Gasteiger partial charge in [-0.3, -0.25) is 10.1 Å². The summed E-state index contributed by atoms with van der Waals surface area (Å²) in [4.78, 5) is 11.3. The molecule has 7 heteroatoms. The molecule has 2 aromatic rings. The van der Waals surface area contributed by atoms with Gasteiger partial charge in [-0.15, -0.1) is 0 Å². The average molecular weight is 328 g/mol. The van der Waals surface area contributed by atoms with E-state index in [1.54, 1.807) is 13.8 Å². The summed E-state index contributed by atoms with van der Waals surface area (Å²) >= 11 is 5.77. The molecule has 0 aliphatic carbocycles. The van der Waals surface area contributed by atoms with E-state index in [1.807, 2.05) is 0 Å². The quantitative estimate of drug-likeness (QED) is 0.938. The fraction of sp³-hybridized carbons (Fsp3) is 0.214. The molecule has 1 N–H and O–H groups in total. The Labute approximate surface area is 127 Å². The number of carbonyl (C=O) groups is 1. The molecule has 0 spiro atoms. The Hall–Kier alpha value is -1.79. The molecule has 0 saturated heterocycles. The van der Waals surface area contributed by atoms with E-state index in [1.165, 1.54) is 31.2 Å². The van der Waals surface area contributed by atoms with Crippen LogP contribution in [0.3, 0.4) is 0 Å². The second-order valence-corrected chi connectivity index (χ2v) is 6.90. The molecule has 1 heterocycles. The highest BCUT2D eigenvalue weighted by Crippen LogP contribution is 2.35. The highest BCUT2D eigenvalue weighted by atomic mass is 35.5. The van der Waals surface area contributed by atoms with Crippen LogP contribution in [0.5, 0.6) is 0 Å². The predicted octanol–water partition coefficient (Wildman–Crippen LogP) is 3.34. The fourth-order valence-electron chi connectivity index (χ4n) is 1.90. The summed E-state index contributed by atoms with van der Waals surface area (Å²) in [5.41, 5.74) is 0.466.